The van der Waals surface area contributed by atoms with Gasteiger partial charge in [-0.3, -0.25) is 4.79 Å². The van der Waals surface area contributed by atoms with E-state index in [-0.39, 0.29) is 11.4 Å². The van der Waals surface area contributed by atoms with E-state index in [1.54, 1.807) is 0 Å². The van der Waals surface area contributed by atoms with Crippen LogP contribution >= 0.6 is 0 Å². The molecule has 1 aromatic rings. The second kappa shape index (κ2) is 10.8. The summed E-state index contributed by atoms with van der Waals surface area (Å²) >= 11 is 0. The maximum atomic E-state index is 11.9. The molecule has 0 aliphatic carbocycles. The number of benzene rings is 1. The first-order valence-electron chi connectivity index (χ1n) is 9.43. The summed E-state index contributed by atoms with van der Waals surface area (Å²) in [5.74, 6) is -0.316. The molecule has 0 fully saturated rings. The van der Waals surface area contributed by atoms with Crippen LogP contribution in [0.15, 0.2) is 24.8 Å². The van der Waals surface area contributed by atoms with Crippen LogP contribution < -0.4 is 0 Å². The third kappa shape index (κ3) is 8.29. The van der Waals surface area contributed by atoms with E-state index >= 15 is 0 Å². The minimum absolute atomic E-state index is 0.161. The van der Waals surface area contributed by atoms with E-state index in [2.05, 4.69) is 27.4 Å². The zero-order valence-electron chi connectivity index (χ0n) is 17.0. The maximum Gasteiger partial charge on any atom is 0.330 e. The number of aryl methyl sites for hydroxylation is 2. The fraction of sp³-hybridized carbons (Fsp3) is 0.545. The molecule has 0 aliphatic heterocycles. The number of esters is 2. The van der Waals surface area contributed by atoms with Crippen molar-refractivity contribution < 1.29 is 24.2 Å². The number of carbonyl (C=O) groups excluding carboxylic acids is 2. The first-order valence-corrected chi connectivity index (χ1v) is 9.43. The fourth-order valence-electron chi connectivity index (χ4n) is 2.69. The average Bonchev–Trinajstić information content (AvgIpc) is 2.60. The summed E-state index contributed by atoms with van der Waals surface area (Å²) in [4.78, 5) is 22.8. The molecule has 0 saturated heterocycles. The van der Waals surface area contributed by atoms with Crippen LogP contribution in [0, 0.1) is 6.92 Å². The van der Waals surface area contributed by atoms with E-state index in [0.717, 1.165) is 42.0 Å². The van der Waals surface area contributed by atoms with Gasteiger partial charge in [-0.05, 0) is 54.7 Å². The molecule has 0 bridgehead atoms. The number of phenols is 1. The molecular formula is C22H32O5. The number of phenolic OH excluding ortho intramolecular Hbond substituents is 1. The molecule has 0 aliphatic rings. The van der Waals surface area contributed by atoms with Crippen LogP contribution in [0.1, 0.15) is 63.1 Å². The Morgan fingerprint density at radius 3 is 2.33 bits per heavy atom. The van der Waals surface area contributed by atoms with Crippen LogP contribution in [0.2, 0.25) is 0 Å². The fourth-order valence-corrected chi connectivity index (χ4v) is 2.69. The predicted octanol–water partition coefficient (Wildman–Crippen LogP) is 4.37. The first-order chi connectivity index (χ1) is 12.6. The number of hydrogen-bond donors (Lipinski definition) is 1. The van der Waals surface area contributed by atoms with Gasteiger partial charge in [0.15, 0.2) is 0 Å². The summed E-state index contributed by atoms with van der Waals surface area (Å²) in [6.07, 6.45) is 4.33. The third-order valence-electron chi connectivity index (χ3n) is 4.25. The van der Waals surface area contributed by atoms with Crippen molar-refractivity contribution in [2.45, 2.75) is 65.2 Å². The lowest BCUT2D eigenvalue weighted by Crippen LogP contribution is -2.13. The highest BCUT2D eigenvalue weighted by Gasteiger charge is 2.20. The Kier molecular flexibility index (Phi) is 9.06. The molecule has 0 heterocycles. The van der Waals surface area contributed by atoms with Crippen molar-refractivity contribution in [1.29, 1.82) is 0 Å². The van der Waals surface area contributed by atoms with Gasteiger partial charge >= 0.3 is 11.9 Å². The van der Waals surface area contributed by atoms with Gasteiger partial charge in [0.1, 0.15) is 5.75 Å². The Labute approximate surface area is 162 Å². The number of ether oxygens (including phenoxy) is 2. The number of hydrogen-bond acceptors (Lipinski definition) is 5. The van der Waals surface area contributed by atoms with Gasteiger partial charge in [-0.1, -0.05) is 39.5 Å². The van der Waals surface area contributed by atoms with Crippen molar-refractivity contribution >= 4 is 11.9 Å². The summed E-state index contributed by atoms with van der Waals surface area (Å²) in [5.41, 5.74) is 2.58. The summed E-state index contributed by atoms with van der Waals surface area (Å²) in [6.45, 7) is 12.1. The van der Waals surface area contributed by atoms with E-state index in [4.69, 9.17) is 9.47 Å². The zero-order valence-corrected chi connectivity index (χ0v) is 17.0. The van der Waals surface area contributed by atoms with Crippen LogP contribution in [-0.2, 0) is 30.9 Å². The molecule has 1 aromatic carbocycles. The monoisotopic (exact) mass is 376 g/mol. The van der Waals surface area contributed by atoms with Crippen LogP contribution in [-0.4, -0.2) is 30.3 Å². The van der Waals surface area contributed by atoms with Gasteiger partial charge < -0.3 is 14.6 Å². The van der Waals surface area contributed by atoms with Gasteiger partial charge in [0.25, 0.3) is 0 Å². The molecule has 5 nitrogen and oxygen atoms in total. The maximum absolute atomic E-state index is 11.9. The van der Waals surface area contributed by atoms with Crippen molar-refractivity contribution in [3.05, 3.63) is 41.5 Å². The number of rotatable bonds is 10. The van der Waals surface area contributed by atoms with Gasteiger partial charge in [0, 0.05) is 12.5 Å². The normalized spacial score (nSPS) is 11.1. The van der Waals surface area contributed by atoms with Crippen LogP contribution in [0.3, 0.4) is 0 Å². The molecule has 150 valence electrons. The summed E-state index contributed by atoms with van der Waals surface area (Å²) < 4.78 is 10.1. The van der Waals surface area contributed by atoms with Gasteiger partial charge in [-0.15, -0.1) is 0 Å². The number of aromatic hydroxyl groups is 1. The molecule has 1 N–H and O–H groups in total. The average molecular weight is 376 g/mol. The molecule has 5 heteroatoms. The lowest BCUT2D eigenvalue weighted by Gasteiger charge is -2.22. The van der Waals surface area contributed by atoms with E-state index in [9.17, 15) is 14.7 Å². The molecule has 0 radical (unpaired) electrons. The SMILES string of the molecule is C=CC(=O)OCCCCCOC(=O)CCc1cc(C)c(O)c(C(C)(C)C)c1. The van der Waals surface area contributed by atoms with Crippen LogP contribution in [0.5, 0.6) is 5.75 Å². The molecular weight excluding hydrogens is 344 g/mol. The molecule has 0 amide bonds. The highest BCUT2D eigenvalue weighted by atomic mass is 16.5. The molecule has 0 spiro atoms. The number of carbonyl (C=O) groups is 2. The molecule has 0 aromatic heterocycles. The Morgan fingerprint density at radius 1 is 1.11 bits per heavy atom. The van der Waals surface area contributed by atoms with Crippen molar-refractivity contribution in [2.24, 2.45) is 0 Å². The predicted molar refractivity (Wildman–Crippen MR) is 106 cm³/mol. The van der Waals surface area contributed by atoms with Crippen molar-refractivity contribution in [3.8, 4) is 5.75 Å². The van der Waals surface area contributed by atoms with Crippen molar-refractivity contribution in [1.82, 2.24) is 0 Å². The Bertz CT molecular complexity index is 655. The number of unbranched alkanes of at least 4 members (excludes halogenated alkanes) is 2. The van der Waals surface area contributed by atoms with Crippen molar-refractivity contribution in [2.75, 3.05) is 13.2 Å². The smallest absolute Gasteiger partial charge is 0.330 e. The van der Waals surface area contributed by atoms with Gasteiger partial charge in [-0.2, -0.15) is 0 Å². The van der Waals surface area contributed by atoms with E-state index in [1.807, 2.05) is 19.1 Å². The molecule has 0 atom stereocenters. The van der Waals surface area contributed by atoms with E-state index < -0.39 is 5.97 Å². The Balaban J connectivity index is 2.34. The molecule has 27 heavy (non-hydrogen) atoms. The quantitative estimate of drug-likeness (QED) is 0.373. The Hall–Kier alpha value is -2.30. The third-order valence-corrected chi connectivity index (χ3v) is 4.25. The van der Waals surface area contributed by atoms with E-state index in [1.165, 1.54) is 0 Å². The minimum Gasteiger partial charge on any atom is -0.507 e. The summed E-state index contributed by atoms with van der Waals surface area (Å²) in [6, 6.07) is 3.89. The molecule has 1 rings (SSSR count). The second-order valence-corrected chi connectivity index (χ2v) is 7.71. The molecule has 0 saturated carbocycles. The highest BCUT2D eigenvalue weighted by molar-refractivity contribution is 5.81. The largest absolute Gasteiger partial charge is 0.507 e. The van der Waals surface area contributed by atoms with Gasteiger partial charge in [0.05, 0.1) is 13.2 Å². The highest BCUT2D eigenvalue weighted by Crippen LogP contribution is 2.34. The standard InChI is InChI=1S/C22H32O5/c1-6-19(23)26-12-8-7-9-13-27-20(24)11-10-17-14-16(2)21(25)18(15-17)22(3,4)5/h6,14-15,25H,1,7-13H2,2-5H3. The zero-order chi connectivity index (χ0) is 20.4. The van der Waals surface area contributed by atoms with Gasteiger partial charge in [0.2, 0.25) is 0 Å². The lowest BCUT2D eigenvalue weighted by atomic mass is 9.83. The summed E-state index contributed by atoms with van der Waals surface area (Å²) in [7, 11) is 0. The van der Waals surface area contributed by atoms with E-state index in [0.29, 0.717) is 31.8 Å². The second-order valence-electron chi connectivity index (χ2n) is 7.71. The lowest BCUT2D eigenvalue weighted by molar-refractivity contribution is -0.143. The topological polar surface area (TPSA) is 72.8 Å². The van der Waals surface area contributed by atoms with Crippen LogP contribution in [0.4, 0.5) is 0 Å². The summed E-state index contributed by atoms with van der Waals surface area (Å²) in [5, 5.41) is 10.3. The van der Waals surface area contributed by atoms with Gasteiger partial charge in [-0.25, -0.2) is 4.79 Å². The Morgan fingerprint density at radius 2 is 1.74 bits per heavy atom. The minimum atomic E-state index is -0.416. The first kappa shape index (κ1) is 22.7. The molecule has 0 unspecified atom stereocenters. The van der Waals surface area contributed by atoms with Crippen LogP contribution in [0.25, 0.3) is 0 Å². The van der Waals surface area contributed by atoms with Crippen molar-refractivity contribution in [3.63, 3.8) is 0 Å².